The van der Waals surface area contributed by atoms with E-state index in [1.54, 1.807) is 0 Å². The summed E-state index contributed by atoms with van der Waals surface area (Å²) in [6.07, 6.45) is -1.42. The summed E-state index contributed by atoms with van der Waals surface area (Å²) in [5.74, 6) is -4.15. The van der Waals surface area contributed by atoms with Gasteiger partial charge in [0, 0.05) is 12.3 Å². The molecule has 2 fully saturated rings. The summed E-state index contributed by atoms with van der Waals surface area (Å²) in [4.78, 5) is 24.4. The molecule has 0 spiro atoms. The molecule has 0 radical (unpaired) electrons. The zero-order chi connectivity index (χ0) is 13.1. The standard InChI is InChI=1S/C9H10N2O7/c12-3-4-8(15)9(16,18-8)6(17-4)11-2-1-5(13)10-7(11)14/h1-2,4,6,12,15-16H,3H2,(H,10,13,14)/t4-,6-,8-,9+/m1/s1. The minimum atomic E-state index is -2.11. The lowest BCUT2D eigenvalue weighted by atomic mass is 10.1. The number of nitrogens with zero attached hydrogens (tertiary/aromatic N) is 1. The fourth-order valence-electron chi connectivity index (χ4n) is 2.11. The van der Waals surface area contributed by atoms with Gasteiger partial charge in [-0.15, -0.1) is 0 Å². The minimum absolute atomic E-state index is 0.590. The second-order valence-electron chi connectivity index (χ2n) is 4.17. The lowest BCUT2D eigenvalue weighted by Crippen LogP contribution is -2.38. The van der Waals surface area contributed by atoms with Crippen LogP contribution in [-0.2, 0) is 9.47 Å². The molecule has 0 aromatic carbocycles. The van der Waals surface area contributed by atoms with Crippen molar-refractivity contribution in [3.8, 4) is 0 Å². The van der Waals surface area contributed by atoms with E-state index >= 15 is 0 Å². The Morgan fingerprint density at radius 3 is 2.67 bits per heavy atom. The largest absolute Gasteiger partial charge is 0.393 e. The van der Waals surface area contributed by atoms with Crippen molar-refractivity contribution in [2.75, 3.05) is 6.61 Å². The van der Waals surface area contributed by atoms with Gasteiger partial charge in [-0.2, -0.15) is 0 Å². The zero-order valence-electron chi connectivity index (χ0n) is 8.94. The molecule has 1 aromatic heterocycles. The number of rotatable bonds is 2. The fourth-order valence-corrected chi connectivity index (χ4v) is 2.11. The average Bonchev–Trinajstić information content (AvgIpc) is 2.79. The quantitative estimate of drug-likeness (QED) is 0.411. The molecule has 2 saturated heterocycles. The molecular weight excluding hydrogens is 248 g/mol. The summed E-state index contributed by atoms with van der Waals surface area (Å²) < 4.78 is 10.8. The summed E-state index contributed by atoms with van der Waals surface area (Å²) in [6.45, 7) is -0.590. The predicted molar refractivity (Wildman–Crippen MR) is 53.3 cm³/mol. The van der Waals surface area contributed by atoms with Gasteiger partial charge in [0.1, 0.15) is 6.10 Å². The summed E-state index contributed by atoms with van der Waals surface area (Å²) >= 11 is 0. The third-order valence-electron chi connectivity index (χ3n) is 3.12. The van der Waals surface area contributed by atoms with Gasteiger partial charge in [-0.3, -0.25) is 14.3 Å². The van der Waals surface area contributed by atoms with Crippen molar-refractivity contribution >= 4 is 0 Å². The normalized spacial score (nSPS) is 41.7. The Labute approximate surface area is 98.8 Å². The number of fused-ring (bicyclic) bond motifs is 1. The van der Waals surface area contributed by atoms with Crippen LogP contribution in [0.4, 0.5) is 0 Å². The van der Waals surface area contributed by atoms with Crippen LogP contribution in [0.3, 0.4) is 0 Å². The monoisotopic (exact) mass is 258 g/mol. The van der Waals surface area contributed by atoms with Gasteiger partial charge in [0.25, 0.3) is 17.1 Å². The number of aromatic amines is 1. The van der Waals surface area contributed by atoms with Crippen molar-refractivity contribution < 1.29 is 24.8 Å². The van der Waals surface area contributed by atoms with Gasteiger partial charge in [-0.05, 0) is 0 Å². The molecule has 0 bridgehead atoms. The zero-order valence-corrected chi connectivity index (χ0v) is 8.94. The van der Waals surface area contributed by atoms with Gasteiger partial charge in [0.15, 0.2) is 6.23 Å². The first-order chi connectivity index (χ1) is 8.42. The molecule has 4 atom stereocenters. The van der Waals surface area contributed by atoms with E-state index in [0.717, 1.165) is 16.8 Å². The Bertz CT molecular complexity index is 609. The van der Waals surface area contributed by atoms with Crippen molar-refractivity contribution in [2.45, 2.75) is 23.9 Å². The second kappa shape index (κ2) is 3.28. The van der Waals surface area contributed by atoms with Crippen LogP contribution in [0.25, 0.3) is 0 Å². The van der Waals surface area contributed by atoms with Crippen molar-refractivity contribution in [2.24, 2.45) is 0 Å². The van der Waals surface area contributed by atoms with Crippen molar-refractivity contribution in [1.82, 2.24) is 9.55 Å². The summed E-state index contributed by atoms with van der Waals surface area (Å²) in [5, 5.41) is 28.8. The molecule has 0 unspecified atom stereocenters. The maximum absolute atomic E-state index is 11.5. The number of H-pyrrole nitrogens is 1. The smallest absolute Gasteiger partial charge is 0.330 e. The molecule has 0 amide bonds. The Morgan fingerprint density at radius 1 is 1.39 bits per heavy atom. The number of ether oxygens (including phenoxy) is 2. The second-order valence-corrected chi connectivity index (χ2v) is 4.17. The van der Waals surface area contributed by atoms with E-state index in [2.05, 4.69) is 0 Å². The van der Waals surface area contributed by atoms with Gasteiger partial charge in [-0.1, -0.05) is 0 Å². The molecule has 2 aliphatic rings. The van der Waals surface area contributed by atoms with Crippen molar-refractivity contribution in [3.05, 3.63) is 33.1 Å². The third kappa shape index (κ3) is 1.22. The molecule has 9 nitrogen and oxygen atoms in total. The first kappa shape index (κ1) is 11.6. The molecule has 3 heterocycles. The first-order valence-electron chi connectivity index (χ1n) is 5.15. The highest BCUT2D eigenvalue weighted by Gasteiger charge is 2.84. The van der Waals surface area contributed by atoms with E-state index in [-0.39, 0.29) is 0 Å². The number of aliphatic hydroxyl groups is 3. The summed E-state index contributed by atoms with van der Waals surface area (Å²) in [7, 11) is 0. The van der Waals surface area contributed by atoms with Crippen molar-refractivity contribution in [3.63, 3.8) is 0 Å². The van der Waals surface area contributed by atoms with E-state index in [9.17, 15) is 19.8 Å². The number of hydrogen-bond donors (Lipinski definition) is 4. The van der Waals surface area contributed by atoms with E-state index in [4.69, 9.17) is 14.6 Å². The van der Waals surface area contributed by atoms with Crippen LogP contribution < -0.4 is 11.2 Å². The molecule has 9 heteroatoms. The Hall–Kier alpha value is -1.52. The number of aromatic nitrogens is 2. The van der Waals surface area contributed by atoms with Crippen LogP contribution in [0.1, 0.15) is 6.23 Å². The minimum Gasteiger partial charge on any atom is -0.393 e. The van der Waals surface area contributed by atoms with Gasteiger partial charge in [0.05, 0.1) is 6.61 Å². The Balaban J connectivity index is 2.04. The van der Waals surface area contributed by atoms with Gasteiger partial charge < -0.3 is 24.8 Å². The maximum atomic E-state index is 11.5. The number of aliphatic hydroxyl groups excluding tert-OH is 1. The van der Waals surface area contributed by atoms with Crippen LogP contribution in [0.2, 0.25) is 0 Å². The molecular formula is C9H10N2O7. The van der Waals surface area contributed by atoms with Crippen LogP contribution in [0.5, 0.6) is 0 Å². The van der Waals surface area contributed by atoms with Crippen LogP contribution in [0.15, 0.2) is 21.9 Å². The molecule has 0 aliphatic carbocycles. The lowest BCUT2D eigenvalue weighted by molar-refractivity contribution is -0.182. The number of nitrogens with one attached hydrogen (secondary N) is 1. The highest BCUT2D eigenvalue weighted by atomic mass is 16.9. The predicted octanol–water partition coefficient (Wildman–Crippen LogP) is -3.17. The summed E-state index contributed by atoms with van der Waals surface area (Å²) in [5.41, 5.74) is -1.43. The lowest BCUT2D eigenvalue weighted by Gasteiger charge is -2.19. The molecule has 4 N–H and O–H groups in total. The Morgan fingerprint density at radius 2 is 2.11 bits per heavy atom. The van der Waals surface area contributed by atoms with E-state index in [0.29, 0.717) is 0 Å². The molecule has 18 heavy (non-hydrogen) atoms. The highest BCUT2D eigenvalue weighted by molar-refractivity contribution is 5.14. The van der Waals surface area contributed by atoms with E-state index in [1.165, 1.54) is 0 Å². The van der Waals surface area contributed by atoms with Crippen molar-refractivity contribution in [1.29, 1.82) is 0 Å². The highest BCUT2D eigenvalue weighted by Crippen LogP contribution is 2.59. The first-order valence-corrected chi connectivity index (χ1v) is 5.15. The van der Waals surface area contributed by atoms with E-state index < -0.39 is 41.8 Å². The van der Waals surface area contributed by atoms with E-state index in [1.807, 2.05) is 4.98 Å². The topological polar surface area (TPSA) is 137 Å². The molecule has 0 saturated carbocycles. The van der Waals surface area contributed by atoms with Crippen LogP contribution >= 0.6 is 0 Å². The van der Waals surface area contributed by atoms with Gasteiger partial charge >= 0.3 is 5.69 Å². The number of hydrogen-bond acceptors (Lipinski definition) is 7. The number of epoxide rings is 1. The van der Waals surface area contributed by atoms with Crippen LogP contribution in [0, 0.1) is 0 Å². The third-order valence-corrected chi connectivity index (χ3v) is 3.12. The molecule has 2 aliphatic heterocycles. The molecule has 98 valence electrons. The average molecular weight is 258 g/mol. The van der Waals surface area contributed by atoms with Gasteiger partial charge in [-0.25, -0.2) is 4.79 Å². The molecule has 1 aromatic rings. The summed E-state index contributed by atoms with van der Waals surface area (Å²) in [6, 6.07) is 1.06. The fraction of sp³-hybridized carbons (Fsp3) is 0.556. The Kier molecular flexibility index (Phi) is 2.10. The molecule has 3 rings (SSSR count). The van der Waals surface area contributed by atoms with Crippen LogP contribution in [-0.4, -0.2) is 49.2 Å². The maximum Gasteiger partial charge on any atom is 0.330 e. The SMILES string of the molecule is O=c1ccn([C@@H]2O[C@H](CO)[C@@]3(O)O[C@@]23O)c(=O)[nH]1. The van der Waals surface area contributed by atoms with Gasteiger partial charge in [0.2, 0.25) is 0 Å².